The van der Waals surface area contributed by atoms with Gasteiger partial charge in [0.1, 0.15) is 18.5 Å². The molecule has 0 unspecified atom stereocenters. The average molecular weight is 241 g/mol. The number of hydrogen-bond donors (Lipinski definition) is 0. The van der Waals surface area contributed by atoms with Gasteiger partial charge < -0.3 is 0 Å². The van der Waals surface area contributed by atoms with Crippen LogP contribution in [0.5, 0.6) is 0 Å². The summed E-state index contributed by atoms with van der Waals surface area (Å²) in [5.41, 5.74) is 1.17. The Morgan fingerprint density at radius 2 is 2.12 bits per heavy atom. The first-order valence-electron chi connectivity index (χ1n) is 4.69. The van der Waals surface area contributed by atoms with Crippen LogP contribution < -0.4 is 0 Å². The quantitative estimate of drug-likeness (QED) is 0.748. The third-order valence-electron chi connectivity index (χ3n) is 2.17. The van der Waals surface area contributed by atoms with Crippen LogP contribution in [0.4, 0.5) is 0 Å². The number of rotatable bonds is 2. The molecule has 0 radical (unpaired) electrons. The van der Waals surface area contributed by atoms with E-state index in [2.05, 4.69) is 16.2 Å². The number of nitrogens with zero attached hydrogens (tertiary/aromatic N) is 5. The second-order valence-corrected chi connectivity index (χ2v) is 3.94. The molecule has 17 heavy (non-hydrogen) atoms. The van der Waals surface area contributed by atoms with E-state index in [0.29, 0.717) is 11.3 Å². The molecule has 0 aliphatic heterocycles. The van der Waals surface area contributed by atoms with Crippen molar-refractivity contribution in [2.45, 2.75) is 4.90 Å². The minimum absolute atomic E-state index is 0.0865. The Hall–Kier alpha value is -2.31. The van der Waals surface area contributed by atoms with Crippen LogP contribution in [0.1, 0.15) is 11.4 Å². The second-order valence-electron chi connectivity index (χ2n) is 3.09. The first kappa shape index (κ1) is 11.2. The Morgan fingerprint density at radius 1 is 1.29 bits per heavy atom. The van der Waals surface area contributed by atoms with Crippen LogP contribution >= 0.6 is 11.8 Å². The van der Waals surface area contributed by atoms with Gasteiger partial charge >= 0.3 is 0 Å². The van der Waals surface area contributed by atoms with E-state index in [4.69, 9.17) is 10.5 Å². The second kappa shape index (κ2) is 4.69. The van der Waals surface area contributed by atoms with E-state index in [-0.39, 0.29) is 5.82 Å². The summed E-state index contributed by atoms with van der Waals surface area (Å²) in [5, 5.41) is 21.8. The van der Waals surface area contributed by atoms with E-state index in [1.54, 1.807) is 6.07 Å². The predicted octanol–water partition coefficient (Wildman–Crippen LogP) is 1.73. The molecule has 0 aliphatic carbocycles. The molecule has 1 aromatic heterocycles. The Morgan fingerprint density at radius 3 is 2.71 bits per heavy atom. The Balaban J connectivity index is 2.60. The lowest BCUT2D eigenvalue weighted by molar-refractivity contribution is 0.865. The van der Waals surface area contributed by atoms with Crippen LogP contribution in [0.25, 0.3) is 5.69 Å². The maximum atomic E-state index is 9.17. The molecule has 0 fully saturated rings. The van der Waals surface area contributed by atoms with Gasteiger partial charge in [-0.05, 0) is 18.4 Å². The van der Waals surface area contributed by atoms with Gasteiger partial charge in [0.15, 0.2) is 0 Å². The molecule has 2 aromatic rings. The molecule has 2 rings (SSSR count). The number of thioether (sulfide) groups is 1. The van der Waals surface area contributed by atoms with E-state index < -0.39 is 0 Å². The van der Waals surface area contributed by atoms with Crippen LogP contribution in [0.15, 0.2) is 29.4 Å². The fraction of sp³-hybridized carbons (Fsp3) is 0.0909. The first-order valence-corrected chi connectivity index (χ1v) is 5.92. The molecular weight excluding hydrogens is 234 g/mol. The summed E-state index contributed by atoms with van der Waals surface area (Å²) >= 11 is 1.49. The predicted molar refractivity (Wildman–Crippen MR) is 62.6 cm³/mol. The molecule has 0 amide bonds. The summed E-state index contributed by atoms with van der Waals surface area (Å²) in [7, 11) is 0. The fourth-order valence-electron chi connectivity index (χ4n) is 1.42. The molecule has 0 atom stereocenters. The van der Waals surface area contributed by atoms with Crippen LogP contribution in [0.3, 0.4) is 0 Å². The van der Waals surface area contributed by atoms with Crippen molar-refractivity contribution in [1.29, 1.82) is 10.5 Å². The van der Waals surface area contributed by atoms with Crippen molar-refractivity contribution in [3.8, 4) is 17.8 Å². The molecule has 0 bridgehead atoms. The van der Waals surface area contributed by atoms with E-state index in [1.807, 2.05) is 24.5 Å². The SMILES string of the molecule is CSc1cccc(-n2cnc(C#N)n2)c1C#N. The highest BCUT2D eigenvalue weighted by molar-refractivity contribution is 7.98. The van der Waals surface area contributed by atoms with Crippen molar-refractivity contribution in [2.75, 3.05) is 6.26 Å². The summed E-state index contributed by atoms with van der Waals surface area (Å²) in [4.78, 5) is 4.69. The molecule has 0 saturated carbocycles. The topological polar surface area (TPSA) is 78.3 Å². The standard InChI is InChI=1S/C11H7N5S/c1-17-10-4-2-3-9(8(10)5-12)16-7-14-11(6-13)15-16/h2-4,7H,1H3. The molecule has 1 heterocycles. The van der Waals surface area contributed by atoms with Crippen molar-refractivity contribution >= 4 is 11.8 Å². The highest BCUT2D eigenvalue weighted by Crippen LogP contribution is 2.24. The summed E-state index contributed by atoms with van der Waals surface area (Å²) in [6, 6.07) is 9.49. The zero-order valence-corrected chi connectivity index (χ0v) is 9.77. The lowest BCUT2D eigenvalue weighted by atomic mass is 10.2. The van der Waals surface area contributed by atoms with Gasteiger partial charge in [0.25, 0.3) is 5.82 Å². The summed E-state index contributed by atoms with van der Waals surface area (Å²) in [6.07, 6.45) is 3.33. The molecule has 1 aromatic carbocycles. The van der Waals surface area contributed by atoms with Crippen molar-refractivity contribution in [1.82, 2.24) is 14.8 Å². The van der Waals surface area contributed by atoms with Crippen molar-refractivity contribution in [2.24, 2.45) is 0 Å². The van der Waals surface area contributed by atoms with Crippen molar-refractivity contribution in [3.63, 3.8) is 0 Å². The normalized spacial score (nSPS) is 9.59. The minimum Gasteiger partial charge on any atom is -0.218 e. The number of aromatic nitrogens is 3. The number of benzene rings is 1. The number of nitriles is 2. The van der Waals surface area contributed by atoms with Gasteiger partial charge in [0, 0.05) is 4.90 Å². The highest BCUT2D eigenvalue weighted by Gasteiger charge is 2.10. The van der Waals surface area contributed by atoms with Crippen LogP contribution in [0, 0.1) is 22.7 Å². The van der Waals surface area contributed by atoms with Crippen LogP contribution in [-0.2, 0) is 0 Å². The average Bonchev–Trinajstić information content (AvgIpc) is 2.86. The van der Waals surface area contributed by atoms with Gasteiger partial charge in [0.05, 0.1) is 11.3 Å². The smallest absolute Gasteiger partial charge is 0.218 e. The molecule has 82 valence electrons. The number of hydrogen-bond acceptors (Lipinski definition) is 5. The van der Waals surface area contributed by atoms with Crippen LogP contribution in [-0.4, -0.2) is 21.0 Å². The molecule has 0 spiro atoms. The summed E-state index contributed by atoms with van der Waals surface area (Å²) in [5.74, 6) is 0.0865. The van der Waals surface area contributed by atoms with Crippen LogP contribution in [0.2, 0.25) is 0 Å². The lowest BCUT2D eigenvalue weighted by Crippen LogP contribution is -1.99. The largest absolute Gasteiger partial charge is 0.252 e. The Labute approximate surface area is 102 Å². The van der Waals surface area contributed by atoms with E-state index in [1.165, 1.54) is 22.8 Å². The first-order chi connectivity index (χ1) is 8.30. The van der Waals surface area contributed by atoms with Gasteiger partial charge in [-0.25, -0.2) is 9.67 Å². The summed E-state index contributed by atoms with van der Waals surface area (Å²) < 4.78 is 1.44. The van der Waals surface area contributed by atoms with E-state index in [0.717, 1.165) is 4.90 Å². The zero-order chi connectivity index (χ0) is 12.3. The maximum Gasteiger partial charge on any atom is 0.252 e. The molecule has 0 saturated heterocycles. The van der Waals surface area contributed by atoms with Gasteiger partial charge in [-0.2, -0.15) is 10.5 Å². The zero-order valence-electron chi connectivity index (χ0n) is 8.95. The maximum absolute atomic E-state index is 9.17. The third kappa shape index (κ3) is 1.99. The lowest BCUT2D eigenvalue weighted by Gasteiger charge is -2.06. The fourth-order valence-corrected chi connectivity index (χ4v) is 1.99. The van der Waals surface area contributed by atoms with E-state index >= 15 is 0 Å². The van der Waals surface area contributed by atoms with Gasteiger partial charge in [0.2, 0.25) is 0 Å². The van der Waals surface area contributed by atoms with Crippen molar-refractivity contribution in [3.05, 3.63) is 35.9 Å². The summed E-state index contributed by atoms with van der Waals surface area (Å²) in [6.45, 7) is 0. The minimum atomic E-state index is 0.0865. The molecule has 5 nitrogen and oxygen atoms in total. The molecule has 6 heteroatoms. The molecule has 0 aliphatic rings. The Bertz CT molecular complexity index is 632. The van der Waals surface area contributed by atoms with Gasteiger partial charge in [-0.3, -0.25) is 0 Å². The Kier molecular flexibility index (Phi) is 3.08. The van der Waals surface area contributed by atoms with E-state index in [9.17, 15) is 0 Å². The van der Waals surface area contributed by atoms with Gasteiger partial charge in [-0.15, -0.1) is 16.9 Å². The molecular formula is C11H7N5S. The third-order valence-corrected chi connectivity index (χ3v) is 2.95. The van der Waals surface area contributed by atoms with Crippen molar-refractivity contribution < 1.29 is 0 Å². The monoisotopic (exact) mass is 241 g/mol. The highest BCUT2D eigenvalue weighted by atomic mass is 32.2. The van der Waals surface area contributed by atoms with Gasteiger partial charge in [-0.1, -0.05) is 6.07 Å². The molecule has 0 N–H and O–H groups in total.